The van der Waals surface area contributed by atoms with E-state index in [0.29, 0.717) is 6.67 Å². The monoisotopic (exact) mass is 127 g/mol. The Bertz CT molecular complexity index is 112. The highest BCUT2D eigenvalue weighted by atomic mass is 15.6. The zero-order chi connectivity index (χ0) is 6.69. The zero-order valence-corrected chi connectivity index (χ0v) is 5.54. The van der Waals surface area contributed by atoms with Crippen LogP contribution in [-0.4, -0.2) is 29.6 Å². The van der Waals surface area contributed by atoms with Gasteiger partial charge in [-0.15, -0.1) is 0 Å². The molecule has 4 heteroatoms. The number of nitrogens with two attached hydrogens (primary N) is 1. The summed E-state index contributed by atoms with van der Waals surface area (Å²) in [5, 5.41) is 7.21. The molecule has 0 atom stereocenters. The second-order valence-electron chi connectivity index (χ2n) is 2.04. The topological polar surface area (TPSA) is 44.9 Å². The predicted octanol–water partition coefficient (Wildman–Crippen LogP) is -0.334. The van der Waals surface area contributed by atoms with Crippen LogP contribution >= 0.6 is 0 Å². The summed E-state index contributed by atoms with van der Waals surface area (Å²) in [7, 11) is 0. The van der Waals surface area contributed by atoms with Crippen LogP contribution in [-0.2, 0) is 0 Å². The second kappa shape index (κ2) is 2.62. The van der Waals surface area contributed by atoms with Crippen molar-refractivity contribution in [2.45, 2.75) is 13.3 Å². The van der Waals surface area contributed by atoms with Gasteiger partial charge in [-0.25, -0.2) is 10.9 Å². The van der Waals surface area contributed by atoms with Crippen LogP contribution in [0.3, 0.4) is 0 Å². The van der Waals surface area contributed by atoms with E-state index in [1.54, 1.807) is 0 Å². The zero-order valence-electron chi connectivity index (χ0n) is 5.54. The maximum atomic E-state index is 5.34. The van der Waals surface area contributed by atoms with Gasteiger partial charge < -0.3 is 0 Å². The van der Waals surface area contributed by atoms with Crippen molar-refractivity contribution in [1.29, 1.82) is 0 Å². The molecule has 0 saturated carbocycles. The molecule has 0 fully saturated rings. The summed E-state index contributed by atoms with van der Waals surface area (Å²) in [6.07, 6.45) is 3.71. The lowest BCUT2D eigenvalue weighted by atomic mass is 10.5. The molecule has 0 aliphatic carbocycles. The molecular formula is C5H11N4+. The van der Waals surface area contributed by atoms with E-state index in [2.05, 4.69) is 18.4 Å². The quantitative estimate of drug-likeness (QED) is 0.408. The van der Waals surface area contributed by atoms with Crippen LogP contribution in [0.1, 0.15) is 13.3 Å². The van der Waals surface area contributed by atoms with E-state index in [-0.39, 0.29) is 0 Å². The van der Waals surface area contributed by atoms with Gasteiger partial charge in [0, 0.05) is 6.54 Å². The molecule has 0 unspecified atom stereocenters. The fourth-order valence-electron chi connectivity index (χ4n) is 0.739. The number of hydrazone groups is 1. The first kappa shape index (κ1) is 6.26. The van der Waals surface area contributed by atoms with Crippen LogP contribution in [0, 0.1) is 0 Å². The Morgan fingerprint density at radius 1 is 1.78 bits per heavy atom. The van der Waals surface area contributed by atoms with E-state index in [4.69, 9.17) is 5.84 Å². The highest BCUT2D eigenvalue weighted by molar-refractivity contribution is 5.54. The van der Waals surface area contributed by atoms with Crippen molar-refractivity contribution >= 4 is 6.34 Å². The van der Waals surface area contributed by atoms with Gasteiger partial charge in [-0.05, 0) is 6.42 Å². The second-order valence-corrected chi connectivity index (χ2v) is 2.04. The Morgan fingerprint density at radius 2 is 2.56 bits per heavy atom. The highest BCUT2D eigenvalue weighted by Gasteiger charge is 2.22. The average Bonchev–Trinajstić information content (AvgIpc) is 2.17. The lowest BCUT2D eigenvalue weighted by molar-refractivity contribution is 0.238. The van der Waals surface area contributed by atoms with Crippen LogP contribution in [0.2, 0.25) is 0 Å². The van der Waals surface area contributed by atoms with Crippen molar-refractivity contribution in [3.05, 3.63) is 0 Å². The maximum absolute atomic E-state index is 5.34. The molecule has 1 rings (SSSR count). The average molecular weight is 127 g/mol. The van der Waals surface area contributed by atoms with Gasteiger partial charge in [0.1, 0.15) is 5.10 Å². The SMILES string of the molecule is CCCN1CN(N)[C+]=N1. The molecule has 0 aromatic rings. The van der Waals surface area contributed by atoms with Gasteiger partial charge in [0.2, 0.25) is 0 Å². The fourth-order valence-corrected chi connectivity index (χ4v) is 0.739. The molecule has 0 aromatic carbocycles. The highest BCUT2D eigenvalue weighted by Crippen LogP contribution is 1.97. The van der Waals surface area contributed by atoms with Crippen molar-refractivity contribution < 1.29 is 0 Å². The van der Waals surface area contributed by atoms with Crippen molar-refractivity contribution in [3.8, 4) is 0 Å². The number of hydrazine groups is 1. The number of rotatable bonds is 2. The van der Waals surface area contributed by atoms with E-state index in [1.807, 2.05) is 5.01 Å². The largest absolute Gasteiger partial charge is 0.561 e. The lowest BCUT2D eigenvalue weighted by Crippen LogP contribution is -2.32. The van der Waals surface area contributed by atoms with Crippen LogP contribution < -0.4 is 5.84 Å². The first-order valence-corrected chi connectivity index (χ1v) is 3.06. The molecule has 0 saturated heterocycles. The van der Waals surface area contributed by atoms with Gasteiger partial charge in [0.25, 0.3) is 0 Å². The minimum atomic E-state index is 0.674. The molecule has 50 valence electrons. The third-order valence-electron chi connectivity index (χ3n) is 1.11. The van der Waals surface area contributed by atoms with Gasteiger partial charge in [-0.1, -0.05) is 11.9 Å². The molecule has 2 N–H and O–H groups in total. The van der Waals surface area contributed by atoms with Gasteiger partial charge in [0.15, 0.2) is 6.67 Å². The molecule has 0 aromatic heterocycles. The molecule has 0 spiro atoms. The van der Waals surface area contributed by atoms with E-state index < -0.39 is 0 Å². The summed E-state index contributed by atoms with van der Waals surface area (Å²) >= 11 is 0. The van der Waals surface area contributed by atoms with Gasteiger partial charge in [-0.3, -0.25) is 0 Å². The van der Waals surface area contributed by atoms with Crippen LogP contribution in [0.4, 0.5) is 0 Å². The fraction of sp³-hybridized carbons (Fsp3) is 0.800. The smallest absolute Gasteiger partial charge is 0.223 e. The molecule has 0 radical (unpaired) electrons. The van der Waals surface area contributed by atoms with Gasteiger partial charge in [-0.2, -0.15) is 0 Å². The summed E-state index contributed by atoms with van der Waals surface area (Å²) < 4.78 is 0. The standard InChI is InChI=1S/C5H11N4/c1-2-3-9-5-8(6)4-7-9/h2-3,5-6H2,1H3/q+1. The Kier molecular flexibility index (Phi) is 1.82. The Hall–Kier alpha value is -0.860. The Balaban J connectivity index is 2.24. The number of hydrogen-bond acceptors (Lipinski definition) is 4. The number of nitrogens with zero attached hydrogens (tertiary/aromatic N) is 3. The van der Waals surface area contributed by atoms with E-state index in [0.717, 1.165) is 13.0 Å². The lowest BCUT2D eigenvalue weighted by Gasteiger charge is -2.05. The first-order chi connectivity index (χ1) is 4.33. The summed E-state index contributed by atoms with van der Waals surface area (Å²) in [6, 6.07) is 0. The summed E-state index contributed by atoms with van der Waals surface area (Å²) in [5.41, 5.74) is 0. The molecule has 1 aliphatic rings. The number of hydrogen-bond donors (Lipinski definition) is 1. The van der Waals surface area contributed by atoms with Crippen molar-refractivity contribution in [1.82, 2.24) is 10.0 Å². The predicted molar refractivity (Wildman–Crippen MR) is 35.3 cm³/mol. The molecule has 0 amide bonds. The van der Waals surface area contributed by atoms with Crippen LogP contribution in [0.15, 0.2) is 5.10 Å². The molecular weight excluding hydrogens is 116 g/mol. The van der Waals surface area contributed by atoms with E-state index >= 15 is 0 Å². The summed E-state index contributed by atoms with van der Waals surface area (Å²) in [5.74, 6) is 5.34. The van der Waals surface area contributed by atoms with Crippen molar-refractivity contribution in [2.75, 3.05) is 13.2 Å². The van der Waals surface area contributed by atoms with Crippen LogP contribution in [0.5, 0.6) is 0 Å². The molecule has 4 nitrogen and oxygen atoms in total. The summed E-state index contributed by atoms with van der Waals surface area (Å²) in [4.78, 5) is 0. The molecule has 0 bridgehead atoms. The van der Waals surface area contributed by atoms with Gasteiger partial charge in [0.05, 0.1) is 0 Å². The Morgan fingerprint density at radius 3 is 3.00 bits per heavy atom. The van der Waals surface area contributed by atoms with E-state index in [9.17, 15) is 0 Å². The molecule has 9 heavy (non-hydrogen) atoms. The first-order valence-electron chi connectivity index (χ1n) is 3.06. The maximum Gasteiger partial charge on any atom is 0.561 e. The third-order valence-corrected chi connectivity index (χ3v) is 1.11. The van der Waals surface area contributed by atoms with Crippen molar-refractivity contribution in [3.63, 3.8) is 0 Å². The minimum absolute atomic E-state index is 0.674. The Labute approximate surface area is 54.9 Å². The minimum Gasteiger partial charge on any atom is -0.223 e. The molecule has 1 heterocycles. The van der Waals surface area contributed by atoms with E-state index in [1.165, 1.54) is 5.01 Å². The summed E-state index contributed by atoms with van der Waals surface area (Å²) in [6.45, 7) is 3.74. The molecule has 1 aliphatic heterocycles. The van der Waals surface area contributed by atoms with Crippen molar-refractivity contribution in [2.24, 2.45) is 10.9 Å². The third kappa shape index (κ3) is 1.52. The normalized spacial score (nSPS) is 16.7. The van der Waals surface area contributed by atoms with Gasteiger partial charge >= 0.3 is 6.34 Å². The van der Waals surface area contributed by atoms with Crippen LogP contribution in [0.25, 0.3) is 0 Å².